The normalized spacial score (nSPS) is 14.9. The third-order valence-electron chi connectivity index (χ3n) is 2.71. The number of hydrogen-bond acceptors (Lipinski definition) is 4. The van der Waals surface area contributed by atoms with Gasteiger partial charge < -0.3 is 4.74 Å². The average Bonchev–Trinajstić information content (AvgIpc) is 3.01. The molecule has 6 heteroatoms. The number of rotatable bonds is 4. The third-order valence-corrected chi connectivity index (χ3v) is 2.71. The van der Waals surface area contributed by atoms with E-state index in [1.165, 1.54) is 18.9 Å². The first-order valence-corrected chi connectivity index (χ1v) is 5.49. The summed E-state index contributed by atoms with van der Waals surface area (Å²) in [6, 6.07) is 4.67. The van der Waals surface area contributed by atoms with E-state index in [9.17, 15) is 4.39 Å². The van der Waals surface area contributed by atoms with Gasteiger partial charge in [-0.3, -0.25) is 0 Å². The van der Waals surface area contributed by atoms with E-state index in [0.717, 1.165) is 0 Å². The van der Waals surface area contributed by atoms with Gasteiger partial charge in [-0.1, -0.05) is 0 Å². The highest BCUT2D eigenvalue weighted by Crippen LogP contribution is 2.30. The van der Waals surface area contributed by atoms with Gasteiger partial charge in [-0.15, -0.1) is 10.2 Å². The molecular weight excluding hydrogens is 223 g/mol. The molecule has 1 heterocycles. The summed E-state index contributed by atoms with van der Waals surface area (Å²) in [6.07, 6.45) is 2.42. The fourth-order valence-electron chi connectivity index (χ4n) is 1.54. The number of ether oxygens (including phenoxy) is 1. The monoisotopic (exact) mass is 234 g/mol. The van der Waals surface area contributed by atoms with Crippen molar-refractivity contribution >= 4 is 0 Å². The molecule has 1 aromatic carbocycles. The molecule has 0 aliphatic heterocycles. The quantitative estimate of drug-likeness (QED) is 0.876. The highest BCUT2D eigenvalue weighted by Gasteiger charge is 2.22. The molecule has 0 atom stereocenters. The van der Waals surface area contributed by atoms with Gasteiger partial charge in [-0.05, 0) is 36.1 Å². The smallest absolute Gasteiger partial charge is 0.207 e. The number of hydrogen-bond donors (Lipinski definition) is 1. The summed E-state index contributed by atoms with van der Waals surface area (Å²) in [5.74, 6) is 1.03. The minimum absolute atomic E-state index is 0.247. The molecule has 0 radical (unpaired) electrons. The van der Waals surface area contributed by atoms with Crippen LogP contribution in [0.3, 0.4) is 0 Å². The summed E-state index contributed by atoms with van der Waals surface area (Å²) in [5, 5.41) is 13.2. The van der Waals surface area contributed by atoms with Crippen molar-refractivity contribution in [2.45, 2.75) is 12.8 Å². The predicted molar refractivity (Wildman–Crippen MR) is 57.8 cm³/mol. The van der Waals surface area contributed by atoms with E-state index in [1.54, 1.807) is 12.1 Å². The second-order valence-corrected chi connectivity index (χ2v) is 4.13. The first-order valence-electron chi connectivity index (χ1n) is 5.49. The van der Waals surface area contributed by atoms with E-state index >= 15 is 0 Å². The van der Waals surface area contributed by atoms with Gasteiger partial charge in [0.25, 0.3) is 0 Å². The minimum Gasteiger partial charge on any atom is -0.493 e. The van der Waals surface area contributed by atoms with Crippen LogP contribution in [0, 0.1) is 11.7 Å². The van der Waals surface area contributed by atoms with Crippen LogP contribution in [0.2, 0.25) is 0 Å². The molecule has 1 aromatic heterocycles. The molecule has 0 bridgehead atoms. The molecule has 3 rings (SSSR count). The lowest BCUT2D eigenvalue weighted by atomic mass is 10.2. The van der Waals surface area contributed by atoms with Gasteiger partial charge in [0, 0.05) is 6.07 Å². The first-order chi connectivity index (χ1) is 8.33. The largest absolute Gasteiger partial charge is 0.493 e. The molecule has 88 valence electrons. The zero-order valence-corrected chi connectivity index (χ0v) is 9.06. The SMILES string of the molecule is Fc1cc(OCC2CC2)ccc1-c1nn[nH]n1. The van der Waals surface area contributed by atoms with Gasteiger partial charge in [0.15, 0.2) is 0 Å². The fraction of sp³-hybridized carbons (Fsp3) is 0.364. The number of benzene rings is 1. The van der Waals surface area contributed by atoms with Crippen LogP contribution >= 0.6 is 0 Å². The van der Waals surface area contributed by atoms with Crippen LogP contribution in [0.25, 0.3) is 11.4 Å². The van der Waals surface area contributed by atoms with Crippen molar-refractivity contribution in [2.75, 3.05) is 6.61 Å². The number of aromatic nitrogens is 4. The molecule has 5 nitrogen and oxygen atoms in total. The van der Waals surface area contributed by atoms with Crippen LogP contribution in [0.4, 0.5) is 4.39 Å². The van der Waals surface area contributed by atoms with Gasteiger partial charge in [0.2, 0.25) is 5.82 Å². The van der Waals surface area contributed by atoms with E-state index in [4.69, 9.17) is 4.74 Å². The second-order valence-electron chi connectivity index (χ2n) is 4.13. The van der Waals surface area contributed by atoms with Crippen LogP contribution in [0.5, 0.6) is 5.75 Å². The number of tetrazole rings is 1. The molecule has 0 spiro atoms. The van der Waals surface area contributed by atoms with Crippen LogP contribution in [-0.2, 0) is 0 Å². The third kappa shape index (κ3) is 2.25. The topological polar surface area (TPSA) is 63.7 Å². The van der Waals surface area contributed by atoms with Gasteiger partial charge >= 0.3 is 0 Å². The molecule has 0 unspecified atom stereocenters. The first kappa shape index (κ1) is 10.2. The molecule has 0 saturated heterocycles. The van der Waals surface area contributed by atoms with Crippen molar-refractivity contribution in [2.24, 2.45) is 5.92 Å². The Morgan fingerprint density at radius 2 is 2.29 bits per heavy atom. The Hall–Kier alpha value is -1.98. The second kappa shape index (κ2) is 4.12. The Labute approximate surface area is 97.0 Å². The number of nitrogens with zero attached hydrogens (tertiary/aromatic N) is 3. The van der Waals surface area contributed by atoms with Crippen molar-refractivity contribution < 1.29 is 9.13 Å². The lowest BCUT2D eigenvalue weighted by molar-refractivity contribution is 0.298. The van der Waals surface area contributed by atoms with E-state index in [1.807, 2.05) is 0 Å². The minimum atomic E-state index is -0.403. The van der Waals surface area contributed by atoms with Crippen molar-refractivity contribution in [1.82, 2.24) is 20.6 Å². The molecule has 1 aliphatic rings. The summed E-state index contributed by atoms with van der Waals surface area (Å²) in [7, 11) is 0. The van der Waals surface area contributed by atoms with E-state index < -0.39 is 5.82 Å². The van der Waals surface area contributed by atoms with E-state index in [2.05, 4.69) is 20.6 Å². The Morgan fingerprint density at radius 1 is 1.41 bits per heavy atom. The molecule has 1 aliphatic carbocycles. The van der Waals surface area contributed by atoms with Crippen LogP contribution < -0.4 is 4.74 Å². The molecule has 1 fully saturated rings. The molecular formula is C11H11FN4O. The maximum absolute atomic E-state index is 13.8. The summed E-state index contributed by atoms with van der Waals surface area (Å²) < 4.78 is 19.2. The lowest BCUT2D eigenvalue weighted by Crippen LogP contribution is -1.99. The molecule has 2 aromatic rings. The summed E-state index contributed by atoms with van der Waals surface area (Å²) >= 11 is 0. The van der Waals surface area contributed by atoms with Crippen LogP contribution in [0.1, 0.15) is 12.8 Å². The van der Waals surface area contributed by atoms with Crippen LogP contribution in [0.15, 0.2) is 18.2 Å². The highest BCUT2D eigenvalue weighted by molar-refractivity contribution is 5.56. The maximum atomic E-state index is 13.8. The summed E-state index contributed by atoms with van der Waals surface area (Å²) in [6.45, 7) is 0.668. The Morgan fingerprint density at radius 3 is 2.94 bits per heavy atom. The van der Waals surface area contributed by atoms with E-state index in [-0.39, 0.29) is 5.82 Å². The Balaban J connectivity index is 1.78. The Bertz CT molecular complexity index is 510. The zero-order chi connectivity index (χ0) is 11.7. The maximum Gasteiger partial charge on any atom is 0.207 e. The Kier molecular flexibility index (Phi) is 2.47. The van der Waals surface area contributed by atoms with Gasteiger partial charge in [0.1, 0.15) is 11.6 Å². The number of halogens is 1. The van der Waals surface area contributed by atoms with Crippen molar-refractivity contribution in [3.8, 4) is 17.1 Å². The molecule has 0 amide bonds. The fourth-order valence-corrected chi connectivity index (χ4v) is 1.54. The van der Waals surface area contributed by atoms with Crippen molar-refractivity contribution in [3.63, 3.8) is 0 Å². The van der Waals surface area contributed by atoms with Crippen molar-refractivity contribution in [3.05, 3.63) is 24.0 Å². The highest BCUT2D eigenvalue weighted by atomic mass is 19.1. The van der Waals surface area contributed by atoms with Crippen molar-refractivity contribution in [1.29, 1.82) is 0 Å². The standard InChI is InChI=1S/C11H11FN4O/c12-10-5-8(17-6-7-1-2-7)3-4-9(10)11-13-15-16-14-11/h3-5,7H,1-2,6H2,(H,13,14,15,16). The van der Waals surface area contributed by atoms with Gasteiger partial charge in [-0.2, -0.15) is 5.21 Å². The molecule has 17 heavy (non-hydrogen) atoms. The number of aromatic amines is 1. The molecule has 1 N–H and O–H groups in total. The number of nitrogens with one attached hydrogen (secondary N) is 1. The average molecular weight is 234 g/mol. The van der Waals surface area contributed by atoms with Gasteiger partial charge in [-0.25, -0.2) is 4.39 Å². The van der Waals surface area contributed by atoms with Gasteiger partial charge in [0.05, 0.1) is 12.2 Å². The zero-order valence-electron chi connectivity index (χ0n) is 9.06. The van der Waals surface area contributed by atoms with E-state index in [0.29, 0.717) is 23.8 Å². The van der Waals surface area contributed by atoms with Crippen LogP contribution in [-0.4, -0.2) is 27.2 Å². The molecule has 1 saturated carbocycles. The summed E-state index contributed by atoms with van der Waals surface area (Å²) in [5.41, 5.74) is 0.317. The lowest BCUT2D eigenvalue weighted by Gasteiger charge is -2.06. The summed E-state index contributed by atoms with van der Waals surface area (Å²) in [4.78, 5) is 0. The predicted octanol–water partition coefficient (Wildman–Crippen LogP) is 1.79. The number of H-pyrrole nitrogens is 1.